The average Bonchev–Trinajstić information content (AvgIpc) is 2.78. The Bertz CT molecular complexity index is 855. The van der Waals surface area contributed by atoms with Crippen LogP contribution in [0.1, 0.15) is 5.82 Å². The third-order valence-corrected chi connectivity index (χ3v) is 4.29. The second kappa shape index (κ2) is 4.64. The van der Waals surface area contributed by atoms with Crippen molar-refractivity contribution < 1.29 is 8.42 Å². The van der Waals surface area contributed by atoms with Crippen LogP contribution in [0.3, 0.4) is 0 Å². The van der Waals surface area contributed by atoms with E-state index in [-0.39, 0.29) is 4.90 Å². The van der Waals surface area contributed by atoms with E-state index in [0.717, 1.165) is 11.3 Å². The van der Waals surface area contributed by atoms with Crippen molar-refractivity contribution in [3.8, 4) is 0 Å². The molecule has 0 amide bonds. The first kappa shape index (κ1) is 12.7. The van der Waals surface area contributed by atoms with E-state index in [4.69, 9.17) is 0 Å². The lowest BCUT2D eigenvalue weighted by molar-refractivity contribution is 0.601. The van der Waals surface area contributed by atoms with Crippen molar-refractivity contribution >= 4 is 26.7 Å². The van der Waals surface area contributed by atoms with E-state index in [1.165, 1.54) is 0 Å². The summed E-state index contributed by atoms with van der Waals surface area (Å²) < 4.78 is 27.2. The molecule has 0 radical (unpaired) electrons. The van der Waals surface area contributed by atoms with Gasteiger partial charge < -0.3 is 4.98 Å². The molecule has 0 unspecified atom stereocenters. The molecule has 3 rings (SSSR count). The Hall–Kier alpha value is -2.34. The van der Waals surface area contributed by atoms with Crippen molar-refractivity contribution in [3.05, 3.63) is 54.4 Å². The summed E-state index contributed by atoms with van der Waals surface area (Å²) in [5.41, 5.74) is 1.99. The van der Waals surface area contributed by atoms with Crippen LogP contribution in [0.5, 0.6) is 0 Å². The molecule has 0 saturated heterocycles. The van der Waals surface area contributed by atoms with E-state index < -0.39 is 10.0 Å². The van der Waals surface area contributed by atoms with Crippen LogP contribution in [0.15, 0.2) is 53.4 Å². The highest BCUT2D eigenvalue weighted by Gasteiger charge is 2.15. The number of aryl methyl sites for hydroxylation is 1. The van der Waals surface area contributed by atoms with Gasteiger partial charge in [0.15, 0.2) is 0 Å². The summed E-state index contributed by atoms with van der Waals surface area (Å²) in [7, 11) is -3.59. The van der Waals surface area contributed by atoms with Gasteiger partial charge in [-0.1, -0.05) is 18.2 Å². The first-order valence-corrected chi connectivity index (χ1v) is 7.57. The zero-order valence-corrected chi connectivity index (χ0v) is 11.6. The molecule has 0 aliphatic heterocycles. The summed E-state index contributed by atoms with van der Waals surface area (Å²) in [6.07, 6.45) is 0. The minimum atomic E-state index is -3.59. The number of aromatic amines is 1. The van der Waals surface area contributed by atoms with Gasteiger partial charge in [0.2, 0.25) is 0 Å². The second-order valence-corrected chi connectivity index (χ2v) is 6.16. The molecule has 20 heavy (non-hydrogen) atoms. The van der Waals surface area contributed by atoms with Crippen LogP contribution < -0.4 is 4.72 Å². The Morgan fingerprint density at radius 3 is 2.60 bits per heavy atom. The summed E-state index contributed by atoms with van der Waals surface area (Å²) in [4.78, 5) is 7.49. The predicted molar refractivity (Wildman–Crippen MR) is 78.1 cm³/mol. The number of anilines is 1. The number of hydrogen-bond donors (Lipinski definition) is 2. The largest absolute Gasteiger partial charge is 0.342 e. The minimum absolute atomic E-state index is 0.206. The molecule has 5 nitrogen and oxygen atoms in total. The number of sulfonamides is 1. The normalized spacial score (nSPS) is 11.7. The Kier molecular flexibility index (Phi) is 2.94. The monoisotopic (exact) mass is 287 g/mol. The number of H-pyrrole nitrogens is 1. The lowest BCUT2D eigenvalue weighted by Gasteiger charge is -2.07. The van der Waals surface area contributed by atoms with E-state index in [1.807, 2.05) is 13.0 Å². The Balaban J connectivity index is 2.00. The van der Waals surface area contributed by atoms with Crippen molar-refractivity contribution in [2.45, 2.75) is 11.8 Å². The average molecular weight is 287 g/mol. The molecule has 2 N–H and O–H groups in total. The number of aromatic nitrogens is 2. The molecule has 1 aromatic heterocycles. The third kappa shape index (κ3) is 2.37. The second-order valence-electron chi connectivity index (χ2n) is 4.47. The first-order chi connectivity index (χ1) is 9.54. The summed E-state index contributed by atoms with van der Waals surface area (Å²) in [5, 5.41) is 0. The van der Waals surface area contributed by atoms with Crippen LogP contribution in [-0.4, -0.2) is 18.4 Å². The number of benzene rings is 2. The molecule has 6 heteroatoms. The molecule has 102 valence electrons. The van der Waals surface area contributed by atoms with E-state index in [9.17, 15) is 8.42 Å². The van der Waals surface area contributed by atoms with Crippen LogP contribution in [0.4, 0.5) is 5.69 Å². The first-order valence-electron chi connectivity index (χ1n) is 6.09. The molecule has 0 saturated carbocycles. The van der Waals surface area contributed by atoms with Crippen molar-refractivity contribution in [2.75, 3.05) is 4.72 Å². The van der Waals surface area contributed by atoms with Gasteiger partial charge in [-0.3, -0.25) is 4.72 Å². The maximum absolute atomic E-state index is 12.3. The number of nitrogens with zero attached hydrogens (tertiary/aromatic N) is 1. The molecule has 0 atom stereocenters. The Morgan fingerprint density at radius 2 is 1.85 bits per heavy atom. The van der Waals surface area contributed by atoms with E-state index in [0.29, 0.717) is 11.2 Å². The standard InChI is InChI=1S/C14H13N3O2S/c1-10-15-13-8-7-12(9-14(13)16-10)20(18,19)17-11-5-3-2-4-6-11/h2-9,17H,1H3,(H,15,16). The summed E-state index contributed by atoms with van der Waals surface area (Å²) in [6, 6.07) is 13.6. The maximum Gasteiger partial charge on any atom is 0.261 e. The van der Waals surface area contributed by atoms with Gasteiger partial charge in [-0.15, -0.1) is 0 Å². The maximum atomic E-state index is 12.3. The van der Waals surface area contributed by atoms with E-state index in [2.05, 4.69) is 14.7 Å². The Morgan fingerprint density at radius 1 is 1.10 bits per heavy atom. The molecule has 1 heterocycles. The van der Waals surface area contributed by atoms with Gasteiger partial charge >= 0.3 is 0 Å². The number of imidazole rings is 1. The summed E-state index contributed by atoms with van der Waals surface area (Å²) >= 11 is 0. The van der Waals surface area contributed by atoms with Crippen LogP contribution in [0.25, 0.3) is 11.0 Å². The topological polar surface area (TPSA) is 74.8 Å². The molecule has 3 aromatic rings. The highest BCUT2D eigenvalue weighted by molar-refractivity contribution is 7.92. The number of para-hydroxylation sites is 1. The molecule has 0 fully saturated rings. The van der Waals surface area contributed by atoms with Crippen molar-refractivity contribution in [1.29, 1.82) is 0 Å². The van der Waals surface area contributed by atoms with Gasteiger partial charge in [0, 0.05) is 5.69 Å². The minimum Gasteiger partial charge on any atom is -0.342 e. The molecule has 0 aliphatic rings. The molecular formula is C14H13N3O2S. The highest BCUT2D eigenvalue weighted by atomic mass is 32.2. The lowest BCUT2D eigenvalue weighted by atomic mass is 10.3. The number of hydrogen-bond acceptors (Lipinski definition) is 3. The SMILES string of the molecule is Cc1nc2ccc(S(=O)(=O)Nc3ccccc3)cc2[nH]1. The van der Waals surface area contributed by atoms with Crippen molar-refractivity contribution in [3.63, 3.8) is 0 Å². The van der Waals surface area contributed by atoms with Crippen LogP contribution >= 0.6 is 0 Å². The Labute approximate surface area is 116 Å². The molecule has 2 aromatic carbocycles. The molecular weight excluding hydrogens is 274 g/mol. The van der Waals surface area contributed by atoms with Gasteiger partial charge in [-0.2, -0.15) is 0 Å². The lowest BCUT2D eigenvalue weighted by Crippen LogP contribution is -2.12. The summed E-state index contributed by atoms with van der Waals surface area (Å²) in [6.45, 7) is 1.83. The smallest absolute Gasteiger partial charge is 0.261 e. The molecule has 0 bridgehead atoms. The number of rotatable bonds is 3. The van der Waals surface area contributed by atoms with Crippen LogP contribution in [0.2, 0.25) is 0 Å². The highest BCUT2D eigenvalue weighted by Crippen LogP contribution is 2.20. The molecule has 0 aliphatic carbocycles. The van der Waals surface area contributed by atoms with Crippen LogP contribution in [0, 0.1) is 6.92 Å². The van der Waals surface area contributed by atoms with Gasteiger partial charge in [-0.25, -0.2) is 13.4 Å². The van der Waals surface area contributed by atoms with Gasteiger partial charge in [0.25, 0.3) is 10.0 Å². The van der Waals surface area contributed by atoms with Crippen LogP contribution in [-0.2, 0) is 10.0 Å². The van der Waals surface area contributed by atoms with E-state index in [1.54, 1.807) is 42.5 Å². The number of nitrogens with one attached hydrogen (secondary N) is 2. The number of fused-ring (bicyclic) bond motifs is 1. The van der Waals surface area contributed by atoms with Crippen molar-refractivity contribution in [1.82, 2.24) is 9.97 Å². The zero-order valence-electron chi connectivity index (χ0n) is 10.8. The van der Waals surface area contributed by atoms with Gasteiger partial charge in [0.05, 0.1) is 15.9 Å². The zero-order chi connectivity index (χ0) is 14.2. The predicted octanol–water partition coefficient (Wildman–Crippen LogP) is 2.67. The van der Waals surface area contributed by atoms with Crippen molar-refractivity contribution in [2.24, 2.45) is 0 Å². The summed E-state index contributed by atoms with van der Waals surface area (Å²) in [5.74, 6) is 0.755. The molecule has 0 spiro atoms. The third-order valence-electron chi connectivity index (χ3n) is 2.91. The van der Waals surface area contributed by atoms with Gasteiger partial charge in [0.1, 0.15) is 5.82 Å². The fraction of sp³-hybridized carbons (Fsp3) is 0.0714. The quantitative estimate of drug-likeness (QED) is 0.777. The van der Waals surface area contributed by atoms with E-state index >= 15 is 0 Å². The fourth-order valence-corrected chi connectivity index (χ4v) is 3.09. The fourth-order valence-electron chi connectivity index (χ4n) is 2.00. The van der Waals surface area contributed by atoms with Gasteiger partial charge in [-0.05, 0) is 37.3 Å².